The lowest BCUT2D eigenvalue weighted by Crippen LogP contribution is -2.50. The van der Waals surface area contributed by atoms with Crippen LogP contribution in [0.5, 0.6) is 0 Å². The molecule has 0 bridgehead atoms. The van der Waals surface area contributed by atoms with Crippen LogP contribution in [0.2, 0.25) is 0 Å². The highest BCUT2D eigenvalue weighted by molar-refractivity contribution is 5.79. The van der Waals surface area contributed by atoms with Gasteiger partial charge in [0.25, 0.3) is 0 Å². The van der Waals surface area contributed by atoms with E-state index in [2.05, 4.69) is 32.7 Å². The molecule has 3 aliphatic rings. The molecule has 0 radical (unpaired) electrons. The minimum atomic E-state index is 0.172. The van der Waals surface area contributed by atoms with Crippen LogP contribution in [0.1, 0.15) is 37.7 Å². The number of carbonyl (C=O) groups excluding carboxylic acids is 1. The third-order valence-electron chi connectivity index (χ3n) is 6.65. The number of aromatic nitrogens is 1. The van der Waals surface area contributed by atoms with Crippen molar-refractivity contribution in [1.29, 1.82) is 0 Å². The first kappa shape index (κ1) is 19.6. The van der Waals surface area contributed by atoms with Crippen molar-refractivity contribution in [3.8, 4) is 0 Å². The van der Waals surface area contributed by atoms with Crippen LogP contribution in [0.25, 0.3) is 0 Å². The van der Waals surface area contributed by atoms with Crippen LogP contribution < -0.4 is 4.90 Å². The molecular weight excluding hydrogens is 352 g/mol. The molecule has 3 saturated heterocycles. The van der Waals surface area contributed by atoms with Crippen molar-refractivity contribution in [3.63, 3.8) is 0 Å². The first-order valence-electron chi connectivity index (χ1n) is 11.0. The third-order valence-corrected chi connectivity index (χ3v) is 6.65. The Morgan fingerprint density at radius 2 is 1.93 bits per heavy atom. The molecule has 28 heavy (non-hydrogen) atoms. The van der Waals surface area contributed by atoms with Crippen molar-refractivity contribution in [1.82, 2.24) is 14.8 Å². The first-order valence-corrected chi connectivity index (χ1v) is 11.0. The summed E-state index contributed by atoms with van der Waals surface area (Å²) in [6.45, 7) is 9.56. The van der Waals surface area contributed by atoms with E-state index in [4.69, 9.17) is 4.74 Å². The summed E-state index contributed by atoms with van der Waals surface area (Å²) in [5.74, 6) is 0.552. The van der Waals surface area contributed by atoms with Gasteiger partial charge in [-0.3, -0.25) is 14.7 Å². The number of rotatable bonds is 3. The largest absolute Gasteiger partial charge is 0.381 e. The van der Waals surface area contributed by atoms with Gasteiger partial charge in [-0.2, -0.15) is 0 Å². The Balaban J connectivity index is 1.35. The van der Waals surface area contributed by atoms with E-state index in [0.29, 0.717) is 11.9 Å². The summed E-state index contributed by atoms with van der Waals surface area (Å²) in [4.78, 5) is 24.6. The van der Waals surface area contributed by atoms with Crippen LogP contribution in [0.3, 0.4) is 0 Å². The van der Waals surface area contributed by atoms with Gasteiger partial charge in [-0.15, -0.1) is 0 Å². The summed E-state index contributed by atoms with van der Waals surface area (Å²) >= 11 is 0. The lowest BCUT2D eigenvalue weighted by Gasteiger charge is -2.40. The van der Waals surface area contributed by atoms with Crippen molar-refractivity contribution in [3.05, 3.63) is 24.0 Å². The average molecular weight is 387 g/mol. The van der Waals surface area contributed by atoms with Crippen LogP contribution in [-0.2, 0) is 9.53 Å². The molecule has 6 heteroatoms. The molecule has 6 nitrogen and oxygen atoms in total. The molecule has 1 aromatic rings. The smallest absolute Gasteiger partial charge is 0.227 e. The standard InChI is InChI=1S/C22H34N4O2/c1-18-16-23-8-5-21(18)24-10-3-11-25(13-12-24)22(27)19-4-2-9-26(17-19)20-6-14-28-15-7-20/h5,8,16,19-20H,2-4,6-7,9-15,17H2,1H3. The molecule has 0 spiro atoms. The maximum absolute atomic E-state index is 13.3. The number of carbonyl (C=O) groups is 1. The molecule has 4 heterocycles. The predicted octanol–water partition coefficient (Wildman–Crippen LogP) is 2.32. The van der Waals surface area contributed by atoms with E-state index >= 15 is 0 Å². The molecule has 0 aromatic carbocycles. The number of piperidine rings is 1. The number of aryl methyl sites for hydroxylation is 1. The number of amides is 1. The van der Waals surface area contributed by atoms with Crippen molar-refractivity contribution < 1.29 is 9.53 Å². The van der Waals surface area contributed by atoms with E-state index in [1.54, 1.807) is 0 Å². The maximum Gasteiger partial charge on any atom is 0.227 e. The SMILES string of the molecule is Cc1cnccc1N1CCCN(C(=O)C2CCCN(C3CCOCC3)C2)CC1. The highest BCUT2D eigenvalue weighted by Crippen LogP contribution is 2.26. The zero-order valence-corrected chi connectivity index (χ0v) is 17.2. The fraction of sp³-hybridized carbons (Fsp3) is 0.727. The number of pyridine rings is 1. The van der Waals surface area contributed by atoms with Crippen molar-refractivity contribution in [2.45, 2.75) is 45.1 Å². The second kappa shape index (κ2) is 9.23. The lowest BCUT2D eigenvalue weighted by molar-refractivity contribution is -0.137. The Morgan fingerprint density at radius 3 is 2.75 bits per heavy atom. The van der Waals surface area contributed by atoms with E-state index in [1.165, 1.54) is 11.3 Å². The number of hydrogen-bond donors (Lipinski definition) is 0. The predicted molar refractivity (Wildman–Crippen MR) is 111 cm³/mol. The molecule has 1 unspecified atom stereocenters. The maximum atomic E-state index is 13.3. The van der Waals surface area contributed by atoms with Gasteiger partial charge in [0.1, 0.15) is 0 Å². The molecule has 1 amide bonds. The number of hydrogen-bond acceptors (Lipinski definition) is 5. The number of likely N-dealkylation sites (tertiary alicyclic amines) is 1. The summed E-state index contributed by atoms with van der Waals surface area (Å²) in [5, 5.41) is 0. The average Bonchev–Trinajstić information content (AvgIpc) is 3.00. The number of anilines is 1. The van der Waals surface area contributed by atoms with E-state index < -0.39 is 0 Å². The van der Waals surface area contributed by atoms with Crippen molar-refractivity contribution >= 4 is 11.6 Å². The Hall–Kier alpha value is -1.66. The first-order chi connectivity index (χ1) is 13.7. The summed E-state index contributed by atoms with van der Waals surface area (Å²) in [7, 11) is 0. The summed E-state index contributed by atoms with van der Waals surface area (Å²) in [5.41, 5.74) is 2.47. The number of nitrogens with zero attached hydrogens (tertiary/aromatic N) is 4. The van der Waals surface area contributed by atoms with Gasteiger partial charge in [0.05, 0.1) is 5.92 Å². The van der Waals surface area contributed by atoms with Gasteiger partial charge < -0.3 is 14.5 Å². The van der Waals surface area contributed by atoms with Gasteiger partial charge in [-0.1, -0.05) is 0 Å². The van der Waals surface area contributed by atoms with Gasteiger partial charge >= 0.3 is 0 Å². The minimum absolute atomic E-state index is 0.172. The normalized spacial score (nSPS) is 25.5. The van der Waals surface area contributed by atoms with Gasteiger partial charge in [0, 0.05) is 70.1 Å². The van der Waals surface area contributed by atoms with Gasteiger partial charge in [-0.25, -0.2) is 0 Å². The Labute approximate surface area is 168 Å². The van der Waals surface area contributed by atoms with E-state index in [0.717, 1.165) is 84.6 Å². The van der Waals surface area contributed by atoms with Crippen LogP contribution in [-0.4, -0.2) is 79.2 Å². The quantitative estimate of drug-likeness (QED) is 0.798. The molecule has 154 valence electrons. The van der Waals surface area contributed by atoms with Crippen LogP contribution in [0, 0.1) is 12.8 Å². The minimum Gasteiger partial charge on any atom is -0.381 e. The third kappa shape index (κ3) is 4.49. The van der Waals surface area contributed by atoms with Crippen molar-refractivity contribution in [2.24, 2.45) is 5.92 Å². The molecule has 0 N–H and O–H groups in total. The second-order valence-corrected chi connectivity index (χ2v) is 8.51. The Bertz CT molecular complexity index is 662. The second-order valence-electron chi connectivity index (χ2n) is 8.51. The molecule has 0 saturated carbocycles. The van der Waals surface area contributed by atoms with Crippen LogP contribution in [0.4, 0.5) is 5.69 Å². The Morgan fingerprint density at radius 1 is 1.07 bits per heavy atom. The highest BCUT2D eigenvalue weighted by atomic mass is 16.5. The molecule has 4 rings (SSSR count). The molecular formula is C22H34N4O2. The zero-order valence-electron chi connectivity index (χ0n) is 17.2. The molecule has 1 atom stereocenters. The van der Waals surface area contributed by atoms with Crippen LogP contribution >= 0.6 is 0 Å². The lowest BCUT2D eigenvalue weighted by atomic mass is 9.93. The molecule has 3 fully saturated rings. The van der Waals surface area contributed by atoms with E-state index in [-0.39, 0.29) is 5.92 Å². The van der Waals surface area contributed by atoms with Gasteiger partial charge in [0.2, 0.25) is 5.91 Å². The molecule has 0 aliphatic carbocycles. The van der Waals surface area contributed by atoms with E-state index in [9.17, 15) is 4.79 Å². The van der Waals surface area contributed by atoms with Gasteiger partial charge in [-0.05, 0) is 57.2 Å². The summed E-state index contributed by atoms with van der Waals surface area (Å²) in [6.07, 6.45) is 9.24. The summed E-state index contributed by atoms with van der Waals surface area (Å²) < 4.78 is 5.52. The van der Waals surface area contributed by atoms with Crippen molar-refractivity contribution in [2.75, 3.05) is 57.4 Å². The zero-order chi connectivity index (χ0) is 19.3. The Kier molecular flexibility index (Phi) is 6.47. The fourth-order valence-corrected chi connectivity index (χ4v) is 5.05. The van der Waals surface area contributed by atoms with E-state index in [1.807, 2.05) is 12.4 Å². The topological polar surface area (TPSA) is 48.9 Å². The molecule has 1 aromatic heterocycles. The van der Waals surface area contributed by atoms with Crippen LogP contribution in [0.15, 0.2) is 18.5 Å². The monoisotopic (exact) mass is 386 g/mol. The highest BCUT2D eigenvalue weighted by Gasteiger charge is 2.33. The molecule has 3 aliphatic heterocycles. The van der Waals surface area contributed by atoms with Gasteiger partial charge in [0.15, 0.2) is 0 Å². The summed E-state index contributed by atoms with van der Waals surface area (Å²) in [6, 6.07) is 2.71. The number of ether oxygens (including phenoxy) is 1. The fourth-order valence-electron chi connectivity index (χ4n) is 5.05.